The van der Waals surface area contributed by atoms with Gasteiger partial charge in [-0.2, -0.15) is 0 Å². The van der Waals surface area contributed by atoms with Gasteiger partial charge in [-0.1, -0.05) is 6.07 Å². The molecule has 0 saturated carbocycles. The molecule has 4 aromatic rings. The van der Waals surface area contributed by atoms with Crippen molar-refractivity contribution in [3.8, 4) is 11.4 Å². The third-order valence-electron chi connectivity index (χ3n) is 7.95. The van der Waals surface area contributed by atoms with E-state index in [1.807, 2.05) is 18.2 Å². The number of ether oxygens (including phenoxy) is 1. The quantitative estimate of drug-likeness (QED) is 0.341. The third kappa shape index (κ3) is 6.24. The summed E-state index contributed by atoms with van der Waals surface area (Å²) in [6.45, 7) is 9.40. The number of benzene rings is 1. The predicted molar refractivity (Wildman–Crippen MR) is 166 cm³/mol. The number of nitrogens with one attached hydrogen (secondary N) is 2. The van der Waals surface area contributed by atoms with E-state index in [9.17, 15) is 13.2 Å². The molecule has 11 heteroatoms. The Labute approximate surface area is 251 Å². The summed E-state index contributed by atoms with van der Waals surface area (Å²) >= 11 is 0. The Morgan fingerprint density at radius 1 is 1.07 bits per heavy atom. The van der Waals surface area contributed by atoms with Gasteiger partial charge in [-0.15, -0.1) is 0 Å². The third-order valence-corrected chi connectivity index (χ3v) is 9.19. The molecule has 0 spiro atoms. The van der Waals surface area contributed by atoms with Gasteiger partial charge in [0, 0.05) is 48.6 Å². The van der Waals surface area contributed by atoms with E-state index in [4.69, 9.17) is 14.7 Å². The number of carbonyl (C=O) groups is 1. The van der Waals surface area contributed by atoms with Crippen LogP contribution in [0.25, 0.3) is 22.3 Å². The number of carbonyl (C=O) groups excluding carboxylic acids is 1. The van der Waals surface area contributed by atoms with Crippen LogP contribution in [0.4, 0.5) is 5.82 Å². The molecule has 0 bridgehead atoms. The second-order valence-corrected chi connectivity index (χ2v) is 13.5. The van der Waals surface area contributed by atoms with E-state index in [0.29, 0.717) is 11.3 Å². The van der Waals surface area contributed by atoms with Gasteiger partial charge in [0.15, 0.2) is 9.84 Å². The average molecular weight is 601 g/mol. The van der Waals surface area contributed by atoms with Gasteiger partial charge in [-0.05, 0) is 81.3 Å². The van der Waals surface area contributed by atoms with Crippen LogP contribution in [-0.2, 0) is 34.1 Å². The maximum atomic E-state index is 12.9. The van der Waals surface area contributed by atoms with Crippen molar-refractivity contribution < 1.29 is 17.9 Å². The monoisotopic (exact) mass is 600 g/mol. The lowest BCUT2D eigenvalue weighted by molar-refractivity contribution is -0.00551. The number of pyridine rings is 3. The molecule has 3 aromatic heterocycles. The fourth-order valence-corrected chi connectivity index (χ4v) is 6.92. The van der Waals surface area contributed by atoms with E-state index in [1.165, 1.54) is 17.2 Å². The fraction of sp³-hybridized carbons (Fsp3) is 0.375. The van der Waals surface area contributed by atoms with Crippen molar-refractivity contribution in [2.75, 3.05) is 30.8 Å². The summed E-state index contributed by atoms with van der Waals surface area (Å²) in [5.41, 5.74) is 6.39. The van der Waals surface area contributed by atoms with Gasteiger partial charge in [0.2, 0.25) is 0 Å². The van der Waals surface area contributed by atoms with E-state index < -0.39 is 9.84 Å². The first kappa shape index (κ1) is 29.2. The molecule has 0 unspecified atom stereocenters. The number of amides is 1. The van der Waals surface area contributed by atoms with E-state index >= 15 is 0 Å². The van der Waals surface area contributed by atoms with Gasteiger partial charge >= 0.3 is 0 Å². The molecule has 1 saturated heterocycles. The Kier molecular flexibility index (Phi) is 7.89. The zero-order chi connectivity index (χ0) is 30.3. The number of hydrogen-bond donors (Lipinski definition) is 2. The Hall–Kier alpha value is -3.93. The Bertz CT molecular complexity index is 1820. The zero-order valence-electron chi connectivity index (χ0n) is 24.8. The van der Waals surface area contributed by atoms with Crippen LogP contribution in [0.1, 0.15) is 46.6 Å². The van der Waals surface area contributed by atoms with Crippen molar-refractivity contribution >= 4 is 32.5 Å². The first-order chi connectivity index (χ1) is 20.5. The van der Waals surface area contributed by atoms with Gasteiger partial charge in [-0.25, -0.2) is 18.4 Å². The molecule has 6 rings (SSSR count). The number of sulfone groups is 1. The first-order valence-electron chi connectivity index (χ1n) is 14.5. The highest BCUT2D eigenvalue weighted by Gasteiger charge is 2.27. The summed E-state index contributed by atoms with van der Waals surface area (Å²) in [5, 5.41) is 7.22. The van der Waals surface area contributed by atoms with Crippen LogP contribution < -0.4 is 15.5 Å². The van der Waals surface area contributed by atoms with Gasteiger partial charge in [0.05, 0.1) is 46.2 Å². The van der Waals surface area contributed by atoms with Gasteiger partial charge < -0.3 is 20.3 Å². The number of aromatic nitrogens is 3. The highest BCUT2D eigenvalue weighted by molar-refractivity contribution is 7.90. The molecule has 0 aliphatic carbocycles. The summed E-state index contributed by atoms with van der Waals surface area (Å²) in [4.78, 5) is 30.0. The molecule has 2 N–H and O–H groups in total. The lowest BCUT2D eigenvalue weighted by Gasteiger charge is -2.38. The molecule has 1 amide bonds. The number of rotatable bonds is 6. The summed E-state index contributed by atoms with van der Waals surface area (Å²) in [5.74, 6) is 0.644. The number of nitrogens with zero attached hydrogens (tertiary/aromatic N) is 4. The van der Waals surface area contributed by atoms with Crippen LogP contribution in [0, 0.1) is 6.92 Å². The van der Waals surface area contributed by atoms with Crippen molar-refractivity contribution in [3.63, 3.8) is 0 Å². The topological polar surface area (TPSA) is 126 Å². The highest BCUT2D eigenvalue weighted by Crippen LogP contribution is 2.32. The first-order valence-corrected chi connectivity index (χ1v) is 16.4. The smallest absolute Gasteiger partial charge is 0.251 e. The molecular weight excluding hydrogens is 564 g/mol. The van der Waals surface area contributed by atoms with Crippen LogP contribution in [0.3, 0.4) is 0 Å². The Balaban J connectivity index is 1.27. The van der Waals surface area contributed by atoms with Crippen LogP contribution in [0.2, 0.25) is 0 Å². The van der Waals surface area contributed by atoms with Crippen molar-refractivity contribution in [1.82, 2.24) is 25.6 Å². The molecule has 2 aliphatic rings. The summed E-state index contributed by atoms with van der Waals surface area (Å²) in [6, 6.07) is 12.6. The van der Waals surface area contributed by atoms with E-state index in [1.54, 1.807) is 25.3 Å². The summed E-state index contributed by atoms with van der Waals surface area (Å²) < 4.78 is 30.2. The average Bonchev–Trinajstić information content (AvgIpc) is 2.98. The lowest BCUT2D eigenvalue weighted by atomic mass is 9.99. The van der Waals surface area contributed by atoms with E-state index in [0.717, 1.165) is 67.0 Å². The lowest BCUT2D eigenvalue weighted by Crippen LogP contribution is -2.46. The number of hydrogen-bond acceptors (Lipinski definition) is 9. The number of fused-ring (bicyclic) bond motifs is 2. The summed E-state index contributed by atoms with van der Waals surface area (Å²) in [7, 11) is -3.44. The molecular formula is C32H36N6O4S. The van der Waals surface area contributed by atoms with Crippen molar-refractivity contribution in [2.45, 2.75) is 57.4 Å². The van der Waals surface area contributed by atoms with Crippen molar-refractivity contribution in [2.24, 2.45) is 0 Å². The molecule has 10 nitrogen and oxygen atoms in total. The van der Waals surface area contributed by atoms with Crippen LogP contribution >= 0.6 is 0 Å². The van der Waals surface area contributed by atoms with Crippen LogP contribution in [0.5, 0.6) is 0 Å². The molecule has 1 fully saturated rings. The minimum atomic E-state index is -3.44. The maximum Gasteiger partial charge on any atom is 0.251 e. The maximum absolute atomic E-state index is 12.9. The zero-order valence-corrected chi connectivity index (χ0v) is 25.7. The number of morpholine rings is 1. The molecule has 5 heterocycles. The molecule has 2 atom stereocenters. The van der Waals surface area contributed by atoms with E-state index in [-0.39, 0.29) is 35.1 Å². The Morgan fingerprint density at radius 3 is 2.63 bits per heavy atom. The fourth-order valence-electron chi connectivity index (χ4n) is 5.93. The SMILES string of the molecule is Cc1ccc(C(=O)NCc2cc3nc(-c4cc5c(c(N6C[C@@H](C)O[C@@H](C)C6)n4)CCNC5)ccc3cn2)cc1S(C)(=O)=O. The Morgan fingerprint density at radius 2 is 1.86 bits per heavy atom. The number of anilines is 1. The molecule has 0 radical (unpaired) electrons. The highest BCUT2D eigenvalue weighted by atomic mass is 32.2. The number of aryl methyl sites for hydroxylation is 1. The molecule has 2 aliphatic heterocycles. The van der Waals surface area contributed by atoms with Crippen LogP contribution in [-0.4, -0.2) is 67.4 Å². The van der Waals surface area contributed by atoms with E-state index in [2.05, 4.69) is 40.4 Å². The van der Waals surface area contributed by atoms with Crippen molar-refractivity contribution in [1.29, 1.82) is 0 Å². The summed E-state index contributed by atoms with van der Waals surface area (Å²) in [6.07, 6.45) is 4.07. The second kappa shape index (κ2) is 11.6. The predicted octanol–water partition coefficient (Wildman–Crippen LogP) is 3.59. The molecule has 224 valence electrons. The largest absolute Gasteiger partial charge is 0.372 e. The van der Waals surface area contributed by atoms with Crippen LogP contribution in [0.15, 0.2) is 53.6 Å². The molecule has 43 heavy (non-hydrogen) atoms. The van der Waals surface area contributed by atoms with Gasteiger partial charge in [0.25, 0.3) is 5.91 Å². The second-order valence-electron chi connectivity index (χ2n) is 11.6. The van der Waals surface area contributed by atoms with Gasteiger partial charge in [0.1, 0.15) is 5.82 Å². The molecule has 1 aromatic carbocycles. The minimum absolute atomic E-state index is 0.129. The minimum Gasteiger partial charge on any atom is -0.372 e. The standard InChI is InChI=1S/C32H36N6O4S/c1-19-5-6-22(12-30(19)43(4,40)41)32(39)35-16-25-13-28-23(15-34-25)7-8-27(36-28)29-11-24-14-33-10-9-26(24)31(37-29)38-17-20(2)42-21(3)18-38/h5-8,11-13,15,20-21,33H,9-10,14,16-18H2,1-4H3,(H,35,39)/t20-,21+. The van der Waals surface area contributed by atoms with Crippen molar-refractivity contribution in [3.05, 3.63) is 76.6 Å². The normalized spacial score (nSPS) is 18.8. The van der Waals surface area contributed by atoms with Gasteiger partial charge in [-0.3, -0.25) is 9.78 Å².